The van der Waals surface area contributed by atoms with Gasteiger partial charge in [0.1, 0.15) is 0 Å². The molecule has 3 aliphatic heterocycles. The van der Waals surface area contributed by atoms with Crippen LogP contribution in [0.1, 0.15) is 61.7 Å². The second-order valence-corrected chi connectivity index (χ2v) is 7.37. The lowest BCUT2D eigenvalue weighted by molar-refractivity contribution is 0.0322. The average molecular weight is 288 g/mol. The second-order valence-electron chi connectivity index (χ2n) is 7.37. The Morgan fingerprint density at radius 1 is 1.29 bits per heavy atom. The highest BCUT2D eigenvalue weighted by Crippen LogP contribution is 2.42. The summed E-state index contributed by atoms with van der Waals surface area (Å²) in [7, 11) is 2.14. The zero-order valence-corrected chi connectivity index (χ0v) is 13.2. The molecule has 2 bridgehead atoms. The molecule has 3 saturated heterocycles. The second kappa shape index (κ2) is 5.40. The Labute approximate surface area is 127 Å². The van der Waals surface area contributed by atoms with E-state index >= 15 is 0 Å². The van der Waals surface area contributed by atoms with E-state index in [4.69, 9.17) is 10.8 Å². The first-order valence-corrected chi connectivity index (χ1v) is 8.74. The van der Waals surface area contributed by atoms with E-state index in [-0.39, 0.29) is 0 Å². The molecule has 4 heterocycles. The number of piperidine rings is 3. The number of aromatic nitrogens is 2. The van der Waals surface area contributed by atoms with Crippen LogP contribution in [0.15, 0.2) is 6.07 Å². The van der Waals surface area contributed by atoms with E-state index in [2.05, 4.69) is 22.7 Å². The molecule has 1 unspecified atom stereocenters. The van der Waals surface area contributed by atoms with Crippen molar-refractivity contribution in [2.24, 2.45) is 18.7 Å². The minimum atomic E-state index is 0.627. The average Bonchev–Trinajstić information content (AvgIpc) is 3.16. The van der Waals surface area contributed by atoms with Crippen molar-refractivity contribution in [3.63, 3.8) is 0 Å². The molecular formula is C17H28N4. The van der Waals surface area contributed by atoms with Crippen molar-refractivity contribution in [1.82, 2.24) is 14.7 Å². The maximum Gasteiger partial charge on any atom is 0.0658 e. The van der Waals surface area contributed by atoms with Crippen LogP contribution in [0.25, 0.3) is 0 Å². The molecule has 1 aromatic heterocycles. The van der Waals surface area contributed by atoms with E-state index in [1.54, 1.807) is 0 Å². The fourth-order valence-electron chi connectivity index (χ4n) is 4.99. The number of hydrogen-bond acceptors (Lipinski definition) is 3. The summed E-state index contributed by atoms with van der Waals surface area (Å²) in [5.41, 5.74) is 8.76. The number of hydrogen-bond donors (Lipinski definition) is 1. The first-order chi connectivity index (χ1) is 10.3. The van der Waals surface area contributed by atoms with Gasteiger partial charge in [-0.15, -0.1) is 0 Å². The number of nitrogens with zero attached hydrogens (tertiary/aromatic N) is 3. The van der Waals surface area contributed by atoms with Gasteiger partial charge in [-0.3, -0.25) is 9.58 Å². The van der Waals surface area contributed by atoms with Gasteiger partial charge in [-0.1, -0.05) is 12.8 Å². The minimum absolute atomic E-state index is 0.627. The Balaban J connectivity index is 1.57. The summed E-state index contributed by atoms with van der Waals surface area (Å²) in [6.45, 7) is 3.26. The molecule has 4 atom stereocenters. The fourth-order valence-corrected chi connectivity index (χ4v) is 4.99. The molecule has 4 aliphatic rings. The molecule has 21 heavy (non-hydrogen) atoms. The molecule has 0 spiro atoms. The van der Waals surface area contributed by atoms with Gasteiger partial charge in [-0.05, 0) is 44.2 Å². The van der Waals surface area contributed by atoms with Crippen molar-refractivity contribution in [2.75, 3.05) is 19.6 Å². The van der Waals surface area contributed by atoms with Crippen LogP contribution in [-0.2, 0) is 7.05 Å². The van der Waals surface area contributed by atoms with E-state index in [1.807, 2.05) is 0 Å². The molecule has 5 rings (SSSR count). The SMILES string of the molecule is Cn1nc(C2CCCC2)cc1[C@H]1CN2CC[C@H]1C[C@@H]2CN. The standard InChI is InChI=1S/C17H28N4/c1-20-17(9-16(19-20)12-4-2-3-5-12)15-11-21-7-6-13(15)8-14(21)10-18/h9,12-15H,2-8,10-11,18H2,1H3/t13-,14+,15-/m0/s1. The van der Waals surface area contributed by atoms with E-state index in [0.29, 0.717) is 12.0 Å². The van der Waals surface area contributed by atoms with Gasteiger partial charge < -0.3 is 5.73 Å². The fraction of sp³-hybridized carbons (Fsp3) is 0.824. The molecule has 0 amide bonds. The van der Waals surface area contributed by atoms with Crippen molar-refractivity contribution in [1.29, 1.82) is 0 Å². The maximum absolute atomic E-state index is 5.93. The van der Waals surface area contributed by atoms with Crippen LogP contribution in [0.3, 0.4) is 0 Å². The zero-order chi connectivity index (χ0) is 14.4. The predicted octanol–water partition coefficient (Wildman–Crippen LogP) is 2.21. The molecule has 116 valence electrons. The van der Waals surface area contributed by atoms with Gasteiger partial charge in [0.2, 0.25) is 0 Å². The summed E-state index contributed by atoms with van der Waals surface area (Å²) in [6.07, 6.45) is 8.07. The molecule has 0 aromatic carbocycles. The highest BCUT2D eigenvalue weighted by atomic mass is 15.3. The number of fused-ring (bicyclic) bond motifs is 3. The molecule has 1 aliphatic carbocycles. The molecule has 1 saturated carbocycles. The lowest BCUT2D eigenvalue weighted by Gasteiger charge is -2.49. The summed E-state index contributed by atoms with van der Waals surface area (Å²) < 4.78 is 2.18. The van der Waals surface area contributed by atoms with Crippen LogP contribution in [-0.4, -0.2) is 40.4 Å². The van der Waals surface area contributed by atoms with Crippen molar-refractivity contribution in [2.45, 2.75) is 56.4 Å². The molecule has 0 radical (unpaired) electrons. The molecule has 2 N–H and O–H groups in total. The van der Waals surface area contributed by atoms with Crippen LogP contribution in [0.4, 0.5) is 0 Å². The van der Waals surface area contributed by atoms with E-state index in [9.17, 15) is 0 Å². The van der Waals surface area contributed by atoms with Gasteiger partial charge >= 0.3 is 0 Å². The van der Waals surface area contributed by atoms with Gasteiger partial charge in [0.15, 0.2) is 0 Å². The highest BCUT2D eigenvalue weighted by molar-refractivity contribution is 5.22. The molecule has 4 fully saturated rings. The molecular weight excluding hydrogens is 260 g/mol. The third-order valence-corrected chi connectivity index (χ3v) is 6.24. The smallest absolute Gasteiger partial charge is 0.0658 e. The Bertz CT molecular complexity index is 503. The van der Waals surface area contributed by atoms with Gasteiger partial charge in [0.25, 0.3) is 0 Å². The topological polar surface area (TPSA) is 47.1 Å². The monoisotopic (exact) mass is 288 g/mol. The minimum Gasteiger partial charge on any atom is -0.329 e. The van der Waals surface area contributed by atoms with E-state index in [1.165, 1.54) is 63.0 Å². The third-order valence-electron chi connectivity index (χ3n) is 6.24. The van der Waals surface area contributed by atoms with E-state index < -0.39 is 0 Å². The molecule has 4 heteroatoms. The van der Waals surface area contributed by atoms with Gasteiger partial charge in [0, 0.05) is 43.7 Å². The van der Waals surface area contributed by atoms with Crippen LogP contribution < -0.4 is 5.73 Å². The Kier molecular flexibility index (Phi) is 3.54. The van der Waals surface area contributed by atoms with Crippen molar-refractivity contribution in [3.8, 4) is 0 Å². The number of nitrogens with two attached hydrogens (primary N) is 1. The van der Waals surface area contributed by atoms with Crippen molar-refractivity contribution < 1.29 is 0 Å². The lowest BCUT2D eigenvalue weighted by Crippen LogP contribution is -2.55. The van der Waals surface area contributed by atoms with Crippen LogP contribution >= 0.6 is 0 Å². The predicted molar refractivity (Wildman–Crippen MR) is 84.3 cm³/mol. The lowest BCUT2D eigenvalue weighted by atomic mass is 9.74. The van der Waals surface area contributed by atoms with Crippen molar-refractivity contribution >= 4 is 0 Å². The van der Waals surface area contributed by atoms with Gasteiger partial charge in [-0.2, -0.15) is 5.10 Å². The van der Waals surface area contributed by atoms with Crippen LogP contribution in [0.2, 0.25) is 0 Å². The zero-order valence-electron chi connectivity index (χ0n) is 13.2. The quantitative estimate of drug-likeness (QED) is 0.927. The first-order valence-electron chi connectivity index (χ1n) is 8.74. The number of rotatable bonds is 3. The van der Waals surface area contributed by atoms with Gasteiger partial charge in [-0.25, -0.2) is 0 Å². The summed E-state index contributed by atoms with van der Waals surface area (Å²) in [6, 6.07) is 3.06. The van der Waals surface area contributed by atoms with Gasteiger partial charge in [0.05, 0.1) is 5.69 Å². The van der Waals surface area contributed by atoms with Crippen LogP contribution in [0, 0.1) is 5.92 Å². The summed E-state index contributed by atoms with van der Waals surface area (Å²) >= 11 is 0. The molecule has 1 aromatic rings. The Morgan fingerprint density at radius 3 is 2.76 bits per heavy atom. The third kappa shape index (κ3) is 2.33. The maximum atomic E-state index is 5.93. The highest BCUT2D eigenvalue weighted by Gasteiger charge is 2.41. The number of aryl methyl sites for hydroxylation is 1. The summed E-state index contributed by atoms with van der Waals surface area (Å²) in [4.78, 5) is 2.62. The van der Waals surface area contributed by atoms with E-state index in [0.717, 1.165) is 18.4 Å². The van der Waals surface area contributed by atoms with Crippen molar-refractivity contribution in [3.05, 3.63) is 17.5 Å². The Hall–Kier alpha value is -0.870. The molecule has 4 nitrogen and oxygen atoms in total. The normalized spacial score (nSPS) is 36.5. The Morgan fingerprint density at radius 2 is 2.10 bits per heavy atom. The first kappa shape index (κ1) is 13.8. The largest absolute Gasteiger partial charge is 0.329 e. The summed E-state index contributed by atoms with van der Waals surface area (Å²) in [5, 5.41) is 4.86. The summed E-state index contributed by atoms with van der Waals surface area (Å²) in [5.74, 6) is 2.22. The van der Waals surface area contributed by atoms with Crippen LogP contribution in [0.5, 0.6) is 0 Å².